The van der Waals surface area contributed by atoms with Crippen LogP contribution in [0.5, 0.6) is 0 Å². The van der Waals surface area contributed by atoms with Crippen molar-refractivity contribution < 1.29 is 9.53 Å². The molecule has 0 fully saturated rings. The molecule has 1 aliphatic heterocycles. The summed E-state index contributed by atoms with van der Waals surface area (Å²) in [5.41, 5.74) is 5.31. The fourth-order valence-electron chi connectivity index (χ4n) is 4.17. The number of nitrogens with zero attached hydrogens (tertiary/aromatic N) is 3. The lowest BCUT2D eigenvalue weighted by Crippen LogP contribution is -2.60. The number of rotatable bonds is 5. The minimum absolute atomic E-state index is 0.410. The first kappa shape index (κ1) is 24.8. The molecule has 1 heterocycles. The Morgan fingerprint density at radius 3 is 1.85 bits per heavy atom. The van der Waals surface area contributed by atoms with E-state index in [1.165, 1.54) is 32.9 Å². The molecule has 3 rings (SSSR count). The van der Waals surface area contributed by atoms with E-state index >= 15 is 0 Å². The molecular formula is C26H38N4O2Si. The van der Waals surface area contributed by atoms with Crippen molar-refractivity contribution in [2.45, 2.75) is 39.5 Å². The molecule has 1 aliphatic rings. The second-order valence-corrected chi connectivity index (χ2v) is 14.9. The van der Waals surface area contributed by atoms with Crippen LogP contribution >= 0.6 is 0 Å². The van der Waals surface area contributed by atoms with Crippen LogP contribution in [-0.2, 0) is 4.74 Å². The number of hydrogen-bond donors (Lipinski definition) is 1. The third kappa shape index (κ3) is 5.41. The summed E-state index contributed by atoms with van der Waals surface area (Å²) < 4.78 is 5.34. The summed E-state index contributed by atoms with van der Waals surface area (Å²) in [6, 6.07) is 13.4. The topological polar surface area (TPSA) is 57.2 Å². The van der Waals surface area contributed by atoms with Gasteiger partial charge in [0, 0.05) is 57.2 Å². The van der Waals surface area contributed by atoms with Crippen LogP contribution in [0.4, 0.5) is 16.2 Å². The van der Waals surface area contributed by atoms with Gasteiger partial charge >= 0.3 is 6.09 Å². The van der Waals surface area contributed by atoms with Crippen LogP contribution in [0, 0.1) is 0 Å². The van der Waals surface area contributed by atoms with Gasteiger partial charge in [-0.15, -0.1) is 0 Å². The zero-order valence-corrected chi connectivity index (χ0v) is 22.5. The van der Waals surface area contributed by atoms with Gasteiger partial charge < -0.3 is 19.9 Å². The van der Waals surface area contributed by atoms with Crippen molar-refractivity contribution in [3.8, 4) is 0 Å². The van der Waals surface area contributed by atoms with Crippen molar-refractivity contribution in [1.82, 2.24) is 5.32 Å². The Labute approximate surface area is 199 Å². The highest BCUT2D eigenvalue weighted by atomic mass is 28.3. The number of aliphatic imine (C=N–C) groups is 1. The van der Waals surface area contributed by atoms with Crippen molar-refractivity contribution in [3.63, 3.8) is 0 Å². The molecule has 0 spiro atoms. The lowest BCUT2D eigenvalue weighted by atomic mass is 10.00. The van der Waals surface area contributed by atoms with Gasteiger partial charge in [0.25, 0.3) is 0 Å². The molecule has 33 heavy (non-hydrogen) atoms. The molecule has 7 heteroatoms. The van der Waals surface area contributed by atoms with E-state index in [1.54, 1.807) is 0 Å². The third-order valence-electron chi connectivity index (χ3n) is 5.95. The van der Waals surface area contributed by atoms with Gasteiger partial charge in [-0.1, -0.05) is 25.2 Å². The van der Waals surface area contributed by atoms with Crippen LogP contribution < -0.4 is 25.5 Å². The number of nitrogens with one attached hydrogen (secondary N) is 1. The van der Waals surface area contributed by atoms with Crippen LogP contribution in [-0.4, -0.2) is 66.8 Å². The number of hydrogen-bond acceptors (Lipinski definition) is 5. The van der Waals surface area contributed by atoms with Gasteiger partial charge in [-0.3, -0.25) is 4.99 Å². The number of benzene rings is 2. The van der Waals surface area contributed by atoms with Crippen LogP contribution in [0.15, 0.2) is 41.4 Å². The molecule has 2 aromatic carbocycles. The van der Waals surface area contributed by atoms with E-state index in [9.17, 15) is 4.79 Å². The highest BCUT2D eigenvalue weighted by molar-refractivity contribution is 7.02. The van der Waals surface area contributed by atoms with Gasteiger partial charge in [0.1, 0.15) is 13.7 Å². The first-order chi connectivity index (χ1) is 15.3. The molecular weight excluding hydrogens is 428 g/mol. The van der Waals surface area contributed by atoms with E-state index in [1.807, 2.05) is 20.8 Å². The van der Waals surface area contributed by atoms with Gasteiger partial charge in [0.15, 0.2) is 0 Å². The average Bonchev–Trinajstić information content (AvgIpc) is 2.71. The van der Waals surface area contributed by atoms with E-state index < -0.39 is 19.8 Å². The van der Waals surface area contributed by atoms with Gasteiger partial charge in [0.05, 0.1) is 12.3 Å². The molecule has 0 atom stereocenters. The number of anilines is 2. The minimum Gasteiger partial charge on any atom is -0.444 e. The molecule has 6 nitrogen and oxygen atoms in total. The normalized spacial score (nSPS) is 14.2. The Kier molecular flexibility index (Phi) is 6.93. The quantitative estimate of drug-likeness (QED) is 0.543. The molecule has 0 saturated heterocycles. The molecule has 0 aliphatic carbocycles. The predicted octanol–water partition coefficient (Wildman–Crippen LogP) is 3.32. The van der Waals surface area contributed by atoms with Crippen LogP contribution in [0.25, 0.3) is 0 Å². The first-order valence-electron chi connectivity index (χ1n) is 11.5. The molecule has 1 N–H and O–H groups in total. The number of fused-ring (bicyclic) bond motifs is 2. The summed E-state index contributed by atoms with van der Waals surface area (Å²) in [5.74, 6) is 0. The van der Waals surface area contributed by atoms with E-state index in [-0.39, 0.29) is 0 Å². The molecule has 0 radical (unpaired) electrons. The zero-order chi connectivity index (χ0) is 24.6. The molecule has 0 saturated carbocycles. The lowest BCUT2D eigenvalue weighted by Gasteiger charge is -2.36. The summed E-state index contributed by atoms with van der Waals surface area (Å²) in [6.07, 6.45) is -0.410. The lowest BCUT2D eigenvalue weighted by molar-refractivity contribution is 0.0529. The number of carbonyl (C=O) groups excluding carboxylic acids is 1. The van der Waals surface area contributed by atoms with Crippen molar-refractivity contribution in [2.24, 2.45) is 4.99 Å². The van der Waals surface area contributed by atoms with Gasteiger partial charge in [-0.2, -0.15) is 0 Å². The van der Waals surface area contributed by atoms with E-state index in [4.69, 9.17) is 9.73 Å². The summed E-state index contributed by atoms with van der Waals surface area (Å²) in [6.45, 7) is 11.3. The highest BCUT2D eigenvalue weighted by Crippen LogP contribution is 2.26. The average molecular weight is 467 g/mol. The standard InChI is InChI=1S/C26H38N4O2Si/c1-26(2,3)32-25(31)28-15-14-27-24-20-12-10-18(29(4)5)16-22(20)33(8,9)23-17-19(30(6)7)11-13-21(23)24/h10-13,16-17H,14-15H2,1-9H3,(H,28,31). The van der Waals surface area contributed by atoms with Crippen LogP contribution in [0.3, 0.4) is 0 Å². The molecule has 0 aromatic heterocycles. The van der Waals surface area contributed by atoms with Crippen molar-refractivity contribution >= 4 is 41.6 Å². The first-order valence-corrected chi connectivity index (χ1v) is 14.5. The SMILES string of the molecule is CN(C)c1ccc2c(c1)[Si](C)(C)c1cc(N(C)C)ccc1C2=NCCNC(=O)OC(C)(C)C. The summed E-state index contributed by atoms with van der Waals surface area (Å²) in [4.78, 5) is 21.3. The number of amides is 1. The van der Waals surface area contributed by atoms with E-state index in [0.717, 1.165) is 5.71 Å². The second-order valence-electron chi connectivity index (χ2n) is 10.5. The Balaban J connectivity index is 2.00. The minimum atomic E-state index is -1.94. The second kappa shape index (κ2) is 9.21. The van der Waals surface area contributed by atoms with Crippen molar-refractivity contribution in [1.29, 1.82) is 0 Å². The maximum absolute atomic E-state index is 12.0. The fourth-order valence-corrected chi connectivity index (χ4v) is 7.23. The predicted molar refractivity (Wildman–Crippen MR) is 143 cm³/mol. The fraction of sp³-hybridized carbons (Fsp3) is 0.462. The Morgan fingerprint density at radius 2 is 1.42 bits per heavy atom. The molecule has 178 valence electrons. The number of ether oxygens (including phenoxy) is 1. The summed E-state index contributed by atoms with van der Waals surface area (Å²) in [5, 5.41) is 5.62. The largest absolute Gasteiger partial charge is 0.444 e. The third-order valence-corrected chi connectivity index (χ3v) is 9.47. The van der Waals surface area contributed by atoms with Crippen LogP contribution in [0.2, 0.25) is 13.1 Å². The monoisotopic (exact) mass is 466 g/mol. The molecule has 0 unspecified atom stereocenters. The smallest absolute Gasteiger partial charge is 0.407 e. The van der Waals surface area contributed by atoms with Crippen molar-refractivity contribution in [2.75, 3.05) is 51.1 Å². The van der Waals surface area contributed by atoms with E-state index in [2.05, 4.69) is 92.8 Å². The van der Waals surface area contributed by atoms with Gasteiger partial charge in [-0.25, -0.2) is 4.79 Å². The van der Waals surface area contributed by atoms with Gasteiger partial charge in [0.2, 0.25) is 0 Å². The highest BCUT2D eigenvalue weighted by Gasteiger charge is 2.38. The van der Waals surface area contributed by atoms with E-state index in [0.29, 0.717) is 13.1 Å². The maximum atomic E-state index is 12.0. The Hall–Kier alpha value is -2.80. The number of carbonyl (C=O) groups is 1. The number of alkyl carbamates (subject to hydrolysis) is 1. The molecule has 0 bridgehead atoms. The Morgan fingerprint density at radius 1 is 0.939 bits per heavy atom. The molecule has 1 amide bonds. The Bertz CT molecular complexity index is 1000. The van der Waals surface area contributed by atoms with Gasteiger partial charge in [-0.05, 0) is 55.4 Å². The van der Waals surface area contributed by atoms with Crippen LogP contribution in [0.1, 0.15) is 31.9 Å². The summed E-state index contributed by atoms with van der Waals surface area (Å²) in [7, 11) is 6.37. The van der Waals surface area contributed by atoms with Crippen molar-refractivity contribution in [3.05, 3.63) is 47.5 Å². The zero-order valence-electron chi connectivity index (χ0n) is 21.5. The molecule has 2 aromatic rings. The summed E-state index contributed by atoms with van der Waals surface area (Å²) >= 11 is 0. The maximum Gasteiger partial charge on any atom is 0.407 e.